The van der Waals surface area contributed by atoms with E-state index in [-0.39, 0.29) is 18.3 Å². The number of carboxylic acids is 1. The monoisotopic (exact) mass is 486 g/mol. The number of amides is 4. The van der Waals surface area contributed by atoms with E-state index in [4.69, 9.17) is 17.2 Å². The number of rotatable bonds is 17. The number of carbonyl (C=O) groups excluding carboxylic acids is 4. The summed E-state index contributed by atoms with van der Waals surface area (Å²) >= 11 is 0. The Labute approximate surface area is 201 Å². The molecule has 196 valence electrons. The first-order chi connectivity index (χ1) is 15.8. The molecule has 34 heavy (non-hydrogen) atoms. The molecule has 10 N–H and O–H groups in total. The number of carbonyl (C=O) groups is 5. The lowest BCUT2D eigenvalue weighted by molar-refractivity contribution is -0.144. The summed E-state index contributed by atoms with van der Waals surface area (Å²) in [6, 6.07) is -4.34. The number of unbranched alkanes of at least 4 members (excludes halogenated alkanes) is 1. The van der Waals surface area contributed by atoms with Crippen molar-refractivity contribution in [1.29, 1.82) is 0 Å². The van der Waals surface area contributed by atoms with Gasteiger partial charge in [-0.15, -0.1) is 0 Å². The number of carboxylic acid groups (broad SMARTS) is 1. The van der Waals surface area contributed by atoms with E-state index in [9.17, 15) is 29.1 Å². The first-order valence-corrected chi connectivity index (χ1v) is 11.7. The van der Waals surface area contributed by atoms with Crippen LogP contribution in [0.2, 0.25) is 0 Å². The summed E-state index contributed by atoms with van der Waals surface area (Å²) in [5.74, 6) is -4.42. The fourth-order valence-corrected chi connectivity index (χ4v) is 3.24. The summed E-state index contributed by atoms with van der Waals surface area (Å²) in [7, 11) is 0. The van der Waals surface area contributed by atoms with Crippen molar-refractivity contribution in [3.63, 3.8) is 0 Å². The van der Waals surface area contributed by atoms with Crippen LogP contribution in [0.25, 0.3) is 0 Å². The highest BCUT2D eigenvalue weighted by Crippen LogP contribution is 2.12. The quantitative estimate of drug-likeness (QED) is 0.125. The first-order valence-electron chi connectivity index (χ1n) is 11.7. The molecule has 4 amide bonds. The molecule has 0 bridgehead atoms. The van der Waals surface area contributed by atoms with Gasteiger partial charge in [-0.2, -0.15) is 0 Å². The van der Waals surface area contributed by atoms with E-state index in [0.29, 0.717) is 25.8 Å². The van der Waals surface area contributed by atoms with Gasteiger partial charge in [0.1, 0.15) is 18.1 Å². The van der Waals surface area contributed by atoms with Gasteiger partial charge in [0.25, 0.3) is 0 Å². The number of aliphatic carboxylic acids is 1. The van der Waals surface area contributed by atoms with Crippen molar-refractivity contribution >= 4 is 29.6 Å². The van der Waals surface area contributed by atoms with Gasteiger partial charge in [-0.1, -0.05) is 40.5 Å². The normalized spacial score (nSPS) is 15.5. The molecule has 0 aliphatic rings. The fraction of sp³-hybridized carbons (Fsp3) is 0.773. The molecule has 0 saturated heterocycles. The van der Waals surface area contributed by atoms with Gasteiger partial charge in [0, 0.05) is 0 Å². The maximum absolute atomic E-state index is 13.1. The van der Waals surface area contributed by atoms with E-state index in [1.54, 1.807) is 6.92 Å². The Balaban J connectivity index is 5.49. The van der Waals surface area contributed by atoms with Gasteiger partial charge in [0.15, 0.2) is 0 Å². The van der Waals surface area contributed by atoms with Gasteiger partial charge >= 0.3 is 5.97 Å². The van der Waals surface area contributed by atoms with Crippen molar-refractivity contribution < 1.29 is 29.1 Å². The molecule has 5 atom stereocenters. The van der Waals surface area contributed by atoms with Crippen molar-refractivity contribution in [2.24, 2.45) is 29.0 Å². The Morgan fingerprint density at radius 1 is 0.882 bits per heavy atom. The second-order valence-corrected chi connectivity index (χ2v) is 9.02. The Morgan fingerprint density at radius 2 is 1.47 bits per heavy atom. The third kappa shape index (κ3) is 11.9. The van der Waals surface area contributed by atoms with Crippen LogP contribution < -0.4 is 33.2 Å². The van der Waals surface area contributed by atoms with Crippen molar-refractivity contribution in [2.75, 3.05) is 6.54 Å². The van der Waals surface area contributed by atoms with Crippen LogP contribution in [0, 0.1) is 11.8 Å². The van der Waals surface area contributed by atoms with Crippen LogP contribution in [0.1, 0.15) is 66.2 Å². The summed E-state index contributed by atoms with van der Waals surface area (Å²) in [5, 5.41) is 16.8. The lowest BCUT2D eigenvalue weighted by Gasteiger charge is -2.28. The molecule has 0 aliphatic carbocycles. The second kappa shape index (κ2) is 16.0. The Bertz CT molecular complexity index is 701. The van der Waals surface area contributed by atoms with Gasteiger partial charge in [0.2, 0.25) is 23.6 Å². The molecule has 12 heteroatoms. The van der Waals surface area contributed by atoms with E-state index in [0.717, 1.165) is 6.42 Å². The van der Waals surface area contributed by atoms with Crippen LogP contribution in [-0.2, 0) is 24.0 Å². The molecule has 0 spiro atoms. The largest absolute Gasteiger partial charge is 0.480 e. The van der Waals surface area contributed by atoms with E-state index in [1.165, 1.54) is 0 Å². The Kier molecular flexibility index (Phi) is 14.7. The molecule has 0 radical (unpaired) electrons. The number of nitrogens with one attached hydrogen (secondary N) is 3. The van der Waals surface area contributed by atoms with Crippen LogP contribution in [0.4, 0.5) is 0 Å². The highest BCUT2D eigenvalue weighted by Gasteiger charge is 2.33. The molecule has 0 aromatic rings. The summed E-state index contributed by atoms with van der Waals surface area (Å²) in [6.45, 7) is 7.80. The third-order valence-corrected chi connectivity index (χ3v) is 5.46. The van der Waals surface area contributed by atoms with E-state index >= 15 is 0 Å². The summed E-state index contributed by atoms with van der Waals surface area (Å²) < 4.78 is 0. The van der Waals surface area contributed by atoms with Crippen LogP contribution in [0.3, 0.4) is 0 Å². The third-order valence-electron chi connectivity index (χ3n) is 5.46. The molecule has 5 unspecified atom stereocenters. The Morgan fingerprint density at radius 3 is 1.94 bits per heavy atom. The average Bonchev–Trinajstić information content (AvgIpc) is 2.74. The SMILES string of the molecule is CCC(C)C(NC(=O)C(N)CCCCN)C(=O)NC(CC(C)C)C(=O)NC(CC(N)=O)C(=O)O. The first kappa shape index (κ1) is 31.3. The van der Waals surface area contributed by atoms with Crippen LogP contribution >= 0.6 is 0 Å². The van der Waals surface area contributed by atoms with Crippen molar-refractivity contribution in [3.8, 4) is 0 Å². The van der Waals surface area contributed by atoms with Gasteiger partial charge in [-0.05, 0) is 37.6 Å². The topological polar surface area (TPSA) is 220 Å². The molecule has 0 heterocycles. The van der Waals surface area contributed by atoms with E-state index in [2.05, 4.69) is 16.0 Å². The number of nitrogens with two attached hydrogens (primary N) is 3. The minimum Gasteiger partial charge on any atom is -0.480 e. The van der Waals surface area contributed by atoms with Crippen LogP contribution in [-0.4, -0.2) is 65.4 Å². The minimum absolute atomic E-state index is 0.0249. The van der Waals surface area contributed by atoms with Crippen molar-refractivity contribution in [1.82, 2.24) is 16.0 Å². The predicted molar refractivity (Wildman–Crippen MR) is 127 cm³/mol. The molecule has 0 aromatic heterocycles. The van der Waals surface area contributed by atoms with Crippen molar-refractivity contribution in [3.05, 3.63) is 0 Å². The number of hydrogen-bond acceptors (Lipinski definition) is 7. The summed E-state index contributed by atoms with van der Waals surface area (Å²) in [5.41, 5.74) is 16.5. The minimum atomic E-state index is -1.52. The van der Waals surface area contributed by atoms with E-state index < -0.39 is 60.2 Å². The molecule has 0 aromatic carbocycles. The molecular weight excluding hydrogens is 444 g/mol. The average molecular weight is 487 g/mol. The highest BCUT2D eigenvalue weighted by atomic mass is 16.4. The standard InChI is InChI=1S/C22H42N6O6/c1-5-13(4)18(28-19(30)14(24)8-6-7-9-23)21(32)26-15(10-12(2)3)20(31)27-16(22(33)34)11-17(25)29/h12-16,18H,5-11,23-24H2,1-4H3,(H2,25,29)(H,26,32)(H,27,31)(H,28,30)(H,33,34). The zero-order chi connectivity index (χ0) is 26.4. The summed E-state index contributed by atoms with van der Waals surface area (Å²) in [6.07, 6.45) is 2.03. The number of hydrogen-bond donors (Lipinski definition) is 7. The molecule has 12 nitrogen and oxygen atoms in total. The van der Waals surface area contributed by atoms with Crippen LogP contribution in [0.5, 0.6) is 0 Å². The molecule has 0 rings (SSSR count). The fourth-order valence-electron chi connectivity index (χ4n) is 3.24. The van der Waals surface area contributed by atoms with Crippen molar-refractivity contribution in [2.45, 2.75) is 90.4 Å². The lowest BCUT2D eigenvalue weighted by atomic mass is 9.96. The molecule has 0 fully saturated rings. The molecular formula is C22H42N6O6. The zero-order valence-electron chi connectivity index (χ0n) is 20.6. The maximum atomic E-state index is 13.1. The Hall–Kier alpha value is -2.73. The highest BCUT2D eigenvalue weighted by molar-refractivity contribution is 5.95. The van der Waals surface area contributed by atoms with Gasteiger partial charge < -0.3 is 38.3 Å². The molecule has 0 aliphatic heterocycles. The maximum Gasteiger partial charge on any atom is 0.326 e. The lowest BCUT2D eigenvalue weighted by Crippen LogP contribution is -2.59. The zero-order valence-corrected chi connectivity index (χ0v) is 20.6. The number of primary amides is 1. The smallest absolute Gasteiger partial charge is 0.326 e. The van der Waals surface area contributed by atoms with Gasteiger partial charge in [-0.3, -0.25) is 19.2 Å². The second-order valence-electron chi connectivity index (χ2n) is 9.02. The van der Waals surface area contributed by atoms with Crippen LogP contribution in [0.15, 0.2) is 0 Å². The van der Waals surface area contributed by atoms with E-state index in [1.807, 2.05) is 20.8 Å². The molecule has 0 saturated carbocycles. The van der Waals surface area contributed by atoms with Gasteiger partial charge in [-0.25, -0.2) is 4.79 Å². The summed E-state index contributed by atoms with van der Waals surface area (Å²) in [4.78, 5) is 61.0. The predicted octanol–water partition coefficient (Wildman–Crippen LogP) is -1.05. The van der Waals surface area contributed by atoms with Gasteiger partial charge in [0.05, 0.1) is 12.5 Å².